The average molecular weight is 425 g/mol. The molecular formula is C20H24N8OS. The molecule has 10 heteroatoms. The van der Waals surface area contributed by atoms with Crippen molar-refractivity contribution in [2.24, 2.45) is 7.05 Å². The first-order chi connectivity index (χ1) is 14.2. The van der Waals surface area contributed by atoms with Crippen molar-refractivity contribution in [1.29, 1.82) is 0 Å². The lowest BCUT2D eigenvalue weighted by Crippen LogP contribution is -2.12. The topological polar surface area (TPSA) is 95.6 Å². The van der Waals surface area contributed by atoms with Gasteiger partial charge in [-0.05, 0) is 6.92 Å². The molecule has 0 unspecified atom stereocenters. The number of aromatic nitrogens is 7. The van der Waals surface area contributed by atoms with E-state index in [2.05, 4.69) is 51.1 Å². The molecule has 0 saturated heterocycles. The van der Waals surface area contributed by atoms with Gasteiger partial charge in [-0.25, -0.2) is 19.9 Å². The highest BCUT2D eigenvalue weighted by molar-refractivity contribution is 7.14. The predicted octanol–water partition coefficient (Wildman–Crippen LogP) is 3.88. The van der Waals surface area contributed by atoms with Gasteiger partial charge >= 0.3 is 0 Å². The fraction of sp³-hybridized carbons (Fsp3) is 0.350. The van der Waals surface area contributed by atoms with Crippen molar-refractivity contribution in [3.63, 3.8) is 0 Å². The van der Waals surface area contributed by atoms with Gasteiger partial charge in [-0.3, -0.25) is 9.25 Å². The fourth-order valence-corrected chi connectivity index (χ4v) is 3.56. The summed E-state index contributed by atoms with van der Waals surface area (Å²) in [6.45, 7) is 8.34. The lowest BCUT2D eigenvalue weighted by atomic mass is 9.92. The minimum absolute atomic E-state index is 0.0204. The molecule has 0 saturated carbocycles. The number of nitrogens with one attached hydrogen (secondary N) is 1. The molecule has 0 fully saturated rings. The highest BCUT2D eigenvalue weighted by Gasteiger charge is 2.20. The quantitative estimate of drug-likeness (QED) is 0.519. The van der Waals surface area contributed by atoms with Gasteiger partial charge in [0.15, 0.2) is 5.13 Å². The smallest absolute Gasteiger partial charge is 0.258 e. The molecule has 0 amide bonds. The molecule has 0 bridgehead atoms. The van der Waals surface area contributed by atoms with E-state index in [-0.39, 0.29) is 5.41 Å². The van der Waals surface area contributed by atoms with E-state index >= 15 is 0 Å². The average Bonchev–Trinajstić information content (AvgIpc) is 3.42. The van der Waals surface area contributed by atoms with Gasteiger partial charge in [0, 0.05) is 30.1 Å². The van der Waals surface area contributed by atoms with Crippen LogP contribution < -0.4 is 10.1 Å². The summed E-state index contributed by atoms with van der Waals surface area (Å²) in [5, 5.41) is 10.6. The Kier molecular flexibility index (Phi) is 5.02. The second-order valence-corrected chi connectivity index (χ2v) is 8.82. The van der Waals surface area contributed by atoms with Gasteiger partial charge in [0.25, 0.3) is 5.88 Å². The third-order valence-corrected chi connectivity index (χ3v) is 5.28. The van der Waals surface area contributed by atoms with Gasteiger partial charge < -0.3 is 10.1 Å². The van der Waals surface area contributed by atoms with E-state index in [1.807, 2.05) is 36.3 Å². The zero-order valence-corrected chi connectivity index (χ0v) is 18.7. The molecule has 0 aliphatic heterocycles. The Morgan fingerprint density at radius 3 is 2.57 bits per heavy atom. The summed E-state index contributed by atoms with van der Waals surface area (Å²) in [7, 11) is 3.49. The van der Waals surface area contributed by atoms with Crippen molar-refractivity contribution in [3.8, 4) is 23.1 Å². The predicted molar refractivity (Wildman–Crippen MR) is 117 cm³/mol. The van der Waals surface area contributed by atoms with Crippen LogP contribution in [-0.2, 0) is 12.5 Å². The summed E-state index contributed by atoms with van der Waals surface area (Å²) in [5.74, 6) is 1.88. The van der Waals surface area contributed by atoms with Crippen LogP contribution >= 0.6 is 11.3 Å². The van der Waals surface area contributed by atoms with Crippen LogP contribution in [0.25, 0.3) is 17.2 Å². The monoisotopic (exact) mass is 424 g/mol. The number of hydrogen-bond acceptors (Lipinski definition) is 8. The lowest BCUT2D eigenvalue weighted by molar-refractivity contribution is 0.394. The van der Waals surface area contributed by atoms with Gasteiger partial charge in [-0.15, -0.1) is 11.3 Å². The molecule has 30 heavy (non-hydrogen) atoms. The molecule has 4 aromatic heterocycles. The van der Waals surface area contributed by atoms with Crippen LogP contribution in [0.2, 0.25) is 0 Å². The Labute approximate surface area is 178 Å². The molecule has 1 N–H and O–H groups in total. The third kappa shape index (κ3) is 3.90. The number of rotatable bonds is 5. The summed E-state index contributed by atoms with van der Waals surface area (Å²) in [6.07, 6.45) is 5.25. The largest absolute Gasteiger partial charge is 0.478 e. The van der Waals surface area contributed by atoms with Crippen molar-refractivity contribution in [1.82, 2.24) is 34.3 Å². The molecule has 0 atom stereocenters. The molecule has 0 aromatic carbocycles. The zero-order valence-electron chi connectivity index (χ0n) is 17.8. The molecule has 0 radical (unpaired) electrons. The molecule has 0 spiro atoms. The van der Waals surface area contributed by atoms with Crippen molar-refractivity contribution >= 4 is 22.3 Å². The van der Waals surface area contributed by atoms with Crippen molar-refractivity contribution in [2.75, 3.05) is 12.4 Å². The van der Waals surface area contributed by atoms with Gasteiger partial charge in [-0.2, -0.15) is 5.10 Å². The minimum atomic E-state index is -0.0204. The van der Waals surface area contributed by atoms with Crippen LogP contribution in [0.1, 0.15) is 32.2 Å². The van der Waals surface area contributed by atoms with Crippen molar-refractivity contribution in [3.05, 3.63) is 41.6 Å². The Hall–Kier alpha value is -3.27. The van der Waals surface area contributed by atoms with E-state index in [9.17, 15) is 0 Å². The Morgan fingerprint density at radius 2 is 1.93 bits per heavy atom. The minimum Gasteiger partial charge on any atom is -0.478 e. The lowest BCUT2D eigenvalue weighted by Gasteiger charge is -2.13. The molecule has 0 aliphatic rings. The van der Waals surface area contributed by atoms with Gasteiger partial charge in [0.05, 0.1) is 24.7 Å². The Bertz CT molecular complexity index is 1180. The number of nitrogens with zero attached hydrogens (tertiary/aromatic N) is 7. The van der Waals surface area contributed by atoms with Gasteiger partial charge in [0.2, 0.25) is 5.82 Å². The highest BCUT2D eigenvalue weighted by Crippen LogP contribution is 2.30. The fourth-order valence-electron chi connectivity index (χ4n) is 2.85. The summed E-state index contributed by atoms with van der Waals surface area (Å²) >= 11 is 1.49. The zero-order chi connectivity index (χ0) is 21.5. The van der Waals surface area contributed by atoms with Crippen LogP contribution in [0.4, 0.5) is 10.9 Å². The number of aryl methyl sites for hydroxylation is 2. The summed E-state index contributed by atoms with van der Waals surface area (Å²) in [4.78, 5) is 18.0. The Morgan fingerprint density at radius 1 is 1.13 bits per heavy atom. The summed E-state index contributed by atoms with van der Waals surface area (Å²) in [6, 6.07) is 2.05. The summed E-state index contributed by atoms with van der Waals surface area (Å²) < 4.78 is 9.06. The van der Waals surface area contributed by atoms with E-state index in [0.29, 0.717) is 17.4 Å². The van der Waals surface area contributed by atoms with Crippen LogP contribution in [0.3, 0.4) is 0 Å². The summed E-state index contributed by atoms with van der Waals surface area (Å²) in [5.41, 5.74) is 3.25. The first-order valence-corrected chi connectivity index (χ1v) is 10.3. The van der Waals surface area contributed by atoms with E-state index in [0.717, 1.165) is 28.0 Å². The SMILES string of the molecule is COc1nc(-c2csc(Nc3cc(C(C)(C)C)nn3C)n2)cnc1-n1cnc(C)c1. The van der Waals surface area contributed by atoms with E-state index in [1.165, 1.54) is 11.3 Å². The maximum atomic E-state index is 5.45. The first-order valence-electron chi connectivity index (χ1n) is 9.44. The third-order valence-electron chi connectivity index (χ3n) is 4.52. The van der Waals surface area contributed by atoms with E-state index < -0.39 is 0 Å². The van der Waals surface area contributed by atoms with Crippen LogP contribution in [0.15, 0.2) is 30.2 Å². The molecule has 4 aromatic rings. The molecule has 156 valence electrons. The Balaban J connectivity index is 1.59. The number of imidazole rings is 1. The first kappa shape index (κ1) is 20.0. The molecule has 4 rings (SSSR count). The molecular weight excluding hydrogens is 400 g/mol. The second kappa shape index (κ2) is 7.52. The van der Waals surface area contributed by atoms with Crippen LogP contribution in [-0.4, -0.2) is 41.4 Å². The maximum absolute atomic E-state index is 5.45. The second-order valence-electron chi connectivity index (χ2n) is 7.96. The van der Waals surface area contributed by atoms with Crippen LogP contribution in [0.5, 0.6) is 5.88 Å². The standard InChI is InChI=1S/C20H24N8OS/c1-12-9-28(11-22-12)17-18(29-6)23-13(8-21-17)14-10-30-19(24-14)25-16-7-15(20(2,3)4)26-27(16)5/h7-11H,1-6H3,(H,24,25). The molecule has 0 aliphatic carbocycles. The molecule has 4 heterocycles. The normalized spacial score (nSPS) is 11.7. The maximum Gasteiger partial charge on any atom is 0.258 e. The van der Waals surface area contributed by atoms with Crippen LogP contribution in [0, 0.1) is 6.92 Å². The van der Waals surface area contributed by atoms with Gasteiger partial charge in [0.1, 0.15) is 23.5 Å². The number of thiazole rings is 1. The van der Waals surface area contributed by atoms with Gasteiger partial charge in [-0.1, -0.05) is 20.8 Å². The molecule has 9 nitrogen and oxygen atoms in total. The van der Waals surface area contributed by atoms with E-state index in [1.54, 1.807) is 24.2 Å². The number of methoxy groups -OCH3 is 1. The number of anilines is 2. The number of hydrogen-bond donors (Lipinski definition) is 1. The van der Waals surface area contributed by atoms with E-state index in [4.69, 9.17) is 4.74 Å². The van der Waals surface area contributed by atoms with Crippen molar-refractivity contribution in [2.45, 2.75) is 33.1 Å². The van der Waals surface area contributed by atoms with Crippen molar-refractivity contribution < 1.29 is 4.74 Å². The number of ether oxygens (including phenoxy) is 1. The highest BCUT2D eigenvalue weighted by atomic mass is 32.1.